The molecule has 0 aliphatic heterocycles. The zero-order valence-electron chi connectivity index (χ0n) is 13.7. The Morgan fingerprint density at radius 1 is 0.875 bits per heavy atom. The van der Waals surface area contributed by atoms with Gasteiger partial charge in [-0.1, -0.05) is 12.1 Å². The van der Waals surface area contributed by atoms with Crippen LogP contribution in [0.15, 0.2) is 36.7 Å². The highest BCUT2D eigenvalue weighted by atomic mass is 19.1. The number of halogens is 1. The molecule has 1 heterocycles. The molecule has 0 radical (unpaired) electrons. The fraction of sp³-hybridized carbons (Fsp3) is 0.500. The van der Waals surface area contributed by atoms with Gasteiger partial charge in [0.2, 0.25) is 5.95 Å². The molecular weight excluding hydrogens is 301 g/mol. The monoisotopic (exact) mass is 323 g/mol. The highest BCUT2D eigenvalue weighted by Crippen LogP contribution is 2.60. The molecule has 1 aromatic heterocycles. The minimum Gasteiger partial charge on any atom is -0.321 e. The van der Waals surface area contributed by atoms with Gasteiger partial charge in [-0.3, -0.25) is 0 Å². The lowest BCUT2D eigenvalue weighted by Crippen LogP contribution is -2.44. The average molecular weight is 323 g/mol. The van der Waals surface area contributed by atoms with Crippen LogP contribution in [0.2, 0.25) is 0 Å². The number of hydrogen-bond donors (Lipinski definition) is 1. The first-order valence-corrected chi connectivity index (χ1v) is 9.10. The molecule has 4 bridgehead atoms. The lowest BCUT2D eigenvalue weighted by Gasteiger charge is -2.54. The van der Waals surface area contributed by atoms with Crippen LogP contribution in [0.5, 0.6) is 0 Å². The third-order valence-corrected chi connectivity index (χ3v) is 6.43. The van der Waals surface area contributed by atoms with E-state index in [-0.39, 0.29) is 5.82 Å². The van der Waals surface area contributed by atoms with E-state index >= 15 is 0 Å². The molecule has 4 saturated carbocycles. The molecule has 124 valence electrons. The second-order valence-corrected chi connectivity index (χ2v) is 7.86. The van der Waals surface area contributed by atoms with Crippen molar-refractivity contribution in [2.24, 2.45) is 23.7 Å². The molecule has 0 unspecified atom stereocenters. The maximum absolute atomic E-state index is 14.6. The summed E-state index contributed by atoms with van der Waals surface area (Å²) in [5, 5.41) is 3.15. The average Bonchev–Trinajstić information content (AvgIpc) is 2.58. The fourth-order valence-electron chi connectivity index (χ4n) is 5.86. The zero-order chi connectivity index (χ0) is 16.1. The SMILES string of the molecule is Fc1cccc(C2C3CC4CC(C3)CC2C4)c1Nc1ncccn1. The second-order valence-electron chi connectivity index (χ2n) is 7.86. The summed E-state index contributed by atoms with van der Waals surface area (Å²) < 4.78 is 14.6. The number of nitrogens with one attached hydrogen (secondary N) is 1. The molecule has 0 amide bonds. The molecule has 2 aromatic rings. The minimum absolute atomic E-state index is 0.200. The van der Waals surface area contributed by atoms with Crippen LogP contribution >= 0.6 is 0 Å². The maximum Gasteiger partial charge on any atom is 0.227 e. The van der Waals surface area contributed by atoms with Crippen LogP contribution in [-0.4, -0.2) is 9.97 Å². The fourth-order valence-corrected chi connectivity index (χ4v) is 5.86. The summed E-state index contributed by atoms with van der Waals surface area (Å²) in [5.41, 5.74) is 1.72. The van der Waals surface area contributed by atoms with Gasteiger partial charge in [0.05, 0.1) is 5.69 Å². The number of benzene rings is 1. The first kappa shape index (κ1) is 14.4. The molecule has 0 atom stereocenters. The van der Waals surface area contributed by atoms with Crippen LogP contribution in [0.25, 0.3) is 0 Å². The van der Waals surface area contributed by atoms with Crippen molar-refractivity contribution in [2.75, 3.05) is 5.32 Å². The van der Waals surface area contributed by atoms with Gasteiger partial charge in [-0.15, -0.1) is 0 Å². The summed E-state index contributed by atoms with van der Waals surface area (Å²) in [4.78, 5) is 8.41. The van der Waals surface area contributed by atoms with Gasteiger partial charge in [0.1, 0.15) is 5.82 Å². The quantitative estimate of drug-likeness (QED) is 0.873. The van der Waals surface area contributed by atoms with E-state index in [1.807, 2.05) is 6.07 Å². The Bertz CT molecular complexity index is 718. The Labute approximate surface area is 141 Å². The van der Waals surface area contributed by atoms with Crippen molar-refractivity contribution in [2.45, 2.75) is 38.0 Å². The van der Waals surface area contributed by atoms with E-state index in [0.29, 0.717) is 17.6 Å². The number of hydrogen-bond acceptors (Lipinski definition) is 3. The van der Waals surface area contributed by atoms with Crippen molar-refractivity contribution in [1.82, 2.24) is 9.97 Å². The Morgan fingerprint density at radius 2 is 1.54 bits per heavy atom. The van der Waals surface area contributed by atoms with Crippen molar-refractivity contribution < 1.29 is 4.39 Å². The van der Waals surface area contributed by atoms with Crippen molar-refractivity contribution in [3.8, 4) is 0 Å². The number of anilines is 2. The molecule has 6 rings (SSSR count). The Hall–Kier alpha value is -1.97. The number of aromatic nitrogens is 2. The van der Waals surface area contributed by atoms with Crippen LogP contribution in [0, 0.1) is 29.5 Å². The molecule has 4 fully saturated rings. The summed E-state index contributed by atoms with van der Waals surface area (Å²) >= 11 is 0. The molecule has 4 heteroatoms. The second kappa shape index (κ2) is 5.54. The highest BCUT2D eigenvalue weighted by molar-refractivity contribution is 5.61. The van der Waals surface area contributed by atoms with E-state index < -0.39 is 0 Å². The minimum atomic E-state index is -0.200. The van der Waals surface area contributed by atoms with Crippen LogP contribution in [0.1, 0.15) is 43.6 Å². The standard InChI is InChI=1S/C20H22FN3/c21-17-4-1-3-16(19(17)24-20-22-5-2-6-23-20)18-14-8-12-7-13(10-14)11-15(18)9-12/h1-6,12-15,18H,7-11H2,(H,22,23,24). The number of para-hydroxylation sites is 1. The van der Waals surface area contributed by atoms with Crippen LogP contribution in [-0.2, 0) is 0 Å². The molecule has 4 aliphatic rings. The number of nitrogens with zero attached hydrogens (tertiary/aromatic N) is 2. The zero-order valence-corrected chi connectivity index (χ0v) is 13.7. The van der Waals surface area contributed by atoms with E-state index in [1.165, 1.54) is 38.2 Å². The molecule has 1 N–H and O–H groups in total. The van der Waals surface area contributed by atoms with Crippen molar-refractivity contribution in [1.29, 1.82) is 0 Å². The molecule has 3 nitrogen and oxygen atoms in total. The van der Waals surface area contributed by atoms with E-state index in [2.05, 4.69) is 21.4 Å². The van der Waals surface area contributed by atoms with Gasteiger partial charge in [-0.25, -0.2) is 14.4 Å². The van der Waals surface area contributed by atoms with Gasteiger partial charge in [-0.05, 0) is 79.4 Å². The normalized spacial score (nSPS) is 33.6. The van der Waals surface area contributed by atoms with Gasteiger partial charge in [0.25, 0.3) is 0 Å². The topological polar surface area (TPSA) is 37.8 Å². The number of rotatable bonds is 3. The van der Waals surface area contributed by atoms with E-state index in [0.717, 1.165) is 29.2 Å². The maximum atomic E-state index is 14.6. The summed E-state index contributed by atoms with van der Waals surface area (Å²) in [6.45, 7) is 0. The summed E-state index contributed by atoms with van der Waals surface area (Å²) in [7, 11) is 0. The highest BCUT2D eigenvalue weighted by Gasteiger charge is 2.49. The molecule has 4 aliphatic carbocycles. The van der Waals surface area contributed by atoms with E-state index in [1.54, 1.807) is 18.5 Å². The predicted molar refractivity (Wildman–Crippen MR) is 91.5 cm³/mol. The Balaban J connectivity index is 1.53. The largest absolute Gasteiger partial charge is 0.321 e. The van der Waals surface area contributed by atoms with Crippen molar-refractivity contribution in [3.63, 3.8) is 0 Å². The first-order chi connectivity index (χ1) is 11.8. The first-order valence-electron chi connectivity index (χ1n) is 9.10. The van der Waals surface area contributed by atoms with Crippen molar-refractivity contribution >= 4 is 11.6 Å². The van der Waals surface area contributed by atoms with Gasteiger partial charge in [0, 0.05) is 12.4 Å². The van der Waals surface area contributed by atoms with E-state index in [9.17, 15) is 4.39 Å². The van der Waals surface area contributed by atoms with Gasteiger partial charge in [-0.2, -0.15) is 0 Å². The third-order valence-electron chi connectivity index (χ3n) is 6.43. The Kier molecular flexibility index (Phi) is 3.32. The summed E-state index contributed by atoms with van der Waals surface area (Å²) in [6, 6.07) is 7.27. The van der Waals surface area contributed by atoms with Crippen molar-refractivity contribution in [3.05, 3.63) is 48.0 Å². The summed E-state index contributed by atoms with van der Waals surface area (Å²) in [6.07, 6.45) is 10.1. The lowest BCUT2D eigenvalue weighted by molar-refractivity contribution is -0.00261. The molecule has 0 spiro atoms. The third kappa shape index (κ3) is 2.31. The molecule has 0 saturated heterocycles. The van der Waals surface area contributed by atoms with Gasteiger partial charge < -0.3 is 5.32 Å². The Morgan fingerprint density at radius 3 is 2.21 bits per heavy atom. The van der Waals surface area contributed by atoms with E-state index in [4.69, 9.17) is 0 Å². The van der Waals surface area contributed by atoms with Gasteiger partial charge in [0.15, 0.2) is 0 Å². The van der Waals surface area contributed by atoms with Crippen LogP contribution < -0.4 is 5.32 Å². The lowest BCUT2D eigenvalue weighted by atomic mass is 9.50. The van der Waals surface area contributed by atoms with Crippen LogP contribution in [0.4, 0.5) is 16.0 Å². The molecular formula is C20H22FN3. The predicted octanol–water partition coefficient (Wildman–Crippen LogP) is 4.90. The van der Waals surface area contributed by atoms with Gasteiger partial charge >= 0.3 is 0 Å². The van der Waals surface area contributed by atoms with Crippen LogP contribution in [0.3, 0.4) is 0 Å². The molecule has 1 aromatic carbocycles. The summed E-state index contributed by atoms with van der Waals surface area (Å²) in [5.74, 6) is 4.04. The smallest absolute Gasteiger partial charge is 0.227 e. The molecule has 24 heavy (non-hydrogen) atoms.